The van der Waals surface area contributed by atoms with Gasteiger partial charge in [0.1, 0.15) is 0 Å². The highest BCUT2D eigenvalue weighted by Crippen LogP contribution is 2.20. The van der Waals surface area contributed by atoms with Crippen LogP contribution in [0.3, 0.4) is 0 Å². The molecule has 0 bridgehead atoms. The Labute approximate surface area is 154 Å². The molecule has 0 aliphatic rings. The van der Waals surface area contributed by atoms with Crippen molar-refractivity contribution in [2.75, 3.05) is 10.6 Å². The normalized spacial score (nSPS) is 11.3. The van der Waals surface area contributed by atoms with Crippen molar-refractivity contribution < 1.29 is 4.79 Å². The number of nitrogens with zero attached hydrogens (tertiary/aromatic N) is 5. The Morgan fingerprint density at radius 1 is 1.00 bits per heavy atom. The molecule has 2 N–H and O–H groups in total. The zero-order chi connectivity index (χ0) is 19.3. The topological polar surface area (TPSA) is 98.8 Å². The van der Waals surface area contributed by atoms with Crippen molar-refractivity contribution >= 4 is 39.5 Å². The van der Waals surface area contributed by atoms with E-state index in [4.69, 9.17) is 0 Å². The van der Waals surface area contributed by atoms with Crippen molar-refractivity contribution in [3.63, 3.8) is 0 Å². The molecule has 1 aromatic carbocycles. The molecule has 0 saturated carbocycles. The van der Waals surface area contributed by atoms with Gasteiger partial charge in [0.25, 0.3) is 0 Å². The molecule has 4 aromatic rings. The molecule has 0 saturated heterocycles. The lowest BCUT2D eigenvalue weighted by molar-refractivity contribution is 0.262. The van der Waals surface area contributed by atoms with Gasteiger partial charge in [0, 0.05) is 32.2 Å². The maximum atomic E-state index is 12.4. The van der Waals surface area contributed by atoms with Gasteiger partial charge in [-0.1, -0.05) is 0 Å². The molecule has 4 rings (SSSR count). The van der Waals surface area contributed by atoms with Crippen molar-refractivity contribution in [1.82, 2.24) is 23.9 Å². The Kier molecular flexibility index (Phi) is 3.72. The molecule has 0 fully saturated rings. The van der Waals surface area contributed by atoms with Crippen molar-refractivity contribution in [3.8, 4) is 0 Å². The number of imidazole rings is 1. The van der Waals surface area contributed by atoms with Gasteiger partial charge >= 0.3 is 11.7 Å². The van der Waals surface area contributed by atoms with Crippen molar-refractivity contribution in [2.24, 2.45) is 21.1 Å². The summed E-state index contributed by atoms with van der Waals surface area (Å²) in [5.41, 5.74) is 4.20. The molecule has 27 heavy (non-hydrogen) atoms. The molecular weight excluding hydrogens is 346 g/mol. The zero-order valence-corrected chi connectivity index (χ0v) is 15.4. The van der Waals surface area contributed by atoms with Crippen LogP contribution in [0.25, 0.3) is 22.1 Å². The highest BCUT2D eigenvalue weighted by atomic mass is 16.2. The second kappa shape index (κ2) is 5.97. The lowest BCUT2D eigenvalue weighted by Crippen LogP contribution is -2.19. The number of aryl methyl sites for hydroxylation is 4. The molecular formula is C18H19N7O2. The minimum atomic E-state index is -0.391. The van der Waals surface area contributed by atoms with Crippen molar-refractivity contribution in [3.05, 3.63) is 46.6 Å². The monoisotopic (exact) mass is 365 g/mol. The summed E-state index contributed by atoms with van der Waals surface area (Å²) in [6, 6.07) is 6.78. The van der Waals surface area contributed by atoms with Crippen LogP contribution in [0.4, 0.5) is 16.2 Å². The number of pyridine rings is 1. The van der Waals surface area contributed by atoms with Gasteiger partial charge in [-0.15, -0.1) is 0 Å². The quantitative estimate of drug-likeness (QED) is 0.568. The van der Waals surface area contributed by atoms with E-state index in [1.165, 1.54) is 0 Å². The van der Waals surface area contributed by atoms with Crippen LogP contribution >= 0.6 is 0 Å². The molecule has 0 radical (unpaired) electrons. The van der Waals surface area contributed by atoms with E-state index in [0.717, 1.165) is 27.8 Å². The van der Waals surface area contributed by atoms with Gasteiger partial charge in [-0.3, -0.25) is 13.8 Å². The van der Waals surface area contributed by atoms with Crippen LogP contribution in [-0.4, -0.2) is 29.9 Å². The number of anilines is 2. The third kappa shape index (κ3) is 2.73. The van der Waals surface area contributed by atoms with Crippen LogP contribution in [0.5, 0.6) is 0 Å². The minimum Gasteiger partial charge on any atom is -0.308 e. The molecule has 0 atom stereocenters. The summed E-state index contributed by atoms with van der Waals surface area (Å²) >= 11 is 0. The minimum absolute atomic E-state index is 0.113. The van der Waals surface area contributed by atoms with E-state index >= 15 is 0 Å². The molecule has 0 spiro atoms. The number of carbonyl (C=O) groups excluding carboxylic acids is 1. The molecule has 3 aromatic heterocycles. The summed E-state index contributed by atoms with van der Waals surface area (Å²) in [5.74, 6) is 0. The molecule has 0 unspecified atom stereocenters. The molecule has 138 valence electrons. The molecule has 9 heteroatoms. The lowest BCUT2D eigenvalue weighted by Gasteiger charge is -2.08. The van der Waals surface area contributed by atoms with E-state index in [2.05, 4.69) is 20.7 Å². The first-order chi connectivity index (χ1) is 12.8. The summed E-state index contributed by atoms with van der Waals surface area (Å²) in [6.07, 6.45) is 1.59. The van der Waals surface area contributed by atoms with Crippen LogP contribution < -0.4 is 16.3 Å². The maximum absolute atomic E-state index is 12.4. The summed E-state index contributed by atoms with van der Waals surface area (Å²) in [6.45, 7) is 1.90. The van der Waals surface area contributed by atoms with Gasteiger partial charge in [0.05, 0.1) is 28.6 Å². The fourth-order valence-electron chi connectivity index (χ4n) is 3.25. The summed E-state index contributed by atoms with van der Waals surface area (Å²) in [5, 5.41) is 10.8. The first-order valence-electron chi connectivity index (χ1n) is 8.38. The van der Waals surface area contributed by atoms with E-state index in [9.17, 15) is 9.59 Å². The number of aromatic nitrogens is 5. The third-order valence-electron chi connectivity index (χ3n) is 4.65. The Hall–Kier alpha value is -3.62. The highest BCUT2D eigenvalue weighted by molar-refractivity contribution is 6.01. The van der Waals surface area contributed by atoms with Crippen LogP contribution in [0.2, 0.25) is 0 Å². The van der Waals surface area contributed by atoms with Gasteiger partial charge < -0.3 is 10.6 Å². The average molecular weight is 365 g/mol. The van der Waals surface area contributed by atoms with Crippen molar-refractivity contribution in [2.45, 2.75) is 6.92 Å². The van der Waals surface area contributed by atoms with Crippen LogP contribution in [0.15, 0.2) is 35.3 Å². The SMILES string of the molecule is Cc1nn(C)c2ncc(NC(=O)Nc3ccc4c(c3)n(C)c(=O)n4C)cc12. The van der Waals surface area contributed by atoms with Crippen LogP contribution in [-0.2, 0) is 21.1 Å². The second-order valence-corrected chi connectivity index (χ2v) is 6.49. The van der Waals surface area contributed by atoms with E-state index < -0.39 is 6.03 Å². The predicted octanol–water partition coefficient (Wildman–Crippen LogP) is 2.11. The fourth-order valence-corrected chi connectivity index (χ4v) is 3.25. The third-order valence-corrected chi connectivity index (χ3v) is 4.65. The highest BCUT2D eigenvalue weighted by Gasteiger charge is 2.11. The van der Waals surface area contributed by atoms with Gasteiger partial charge in [-0.2, -0.15) is 5.10 Å². The van der Waals surface area contributed by atoms with Crippen LogP contribution in [0, 0.1) is 6.92 Å². The van der Waals surface area contributed by atoms with E-state index in [0.29, 0.717) is 11.4 Å². The lowest BCUT2D eigenvalue weighted by atomic mass is 10.2. The second-order valence-electron chi connectivity index (χ2n) is 6.49. The number of carbonyl (C=O) groups is 1. The Balaban J connectivity index is 1.57. The van der Waals surface area contributed by atoms with E-state index in [-0.39, 0.29) is 5.69 Å². The first-order valence-corrected chi connectivity index (χ1v) is 8.38. The number of hydrogen-bond donors (Lipinski definition) is 2. The maximum Gasteiger partial charge on any atom is 0.328 e. The number of rotatable bonds is 2. The Bertz CT molecular complexity index is 1260. The number of amides is 2. The zero-order valence-electron chi connectivity index (χ0n) is 15.4. The number of benzene rings is 1. The number of urea groups is 1. The summed E-state index contributed by atoms with van der Waals surface area (Å²) in [4.78, 5) is 28.7. The van der Waals surface area contributed by atoms with Crippen molar-refractivity contribution in [1.29, 1.82) is 0 Å². The Morgan fingerprint density at radius 3 is 2.48 bits per heavy atom. The van der Waals surface area contributed by atoms with E-state index in [1.54, 1.807) is 52.3 Å². The predicted molar refractivity (Wildman–Crippen MR) is 104 cm³/mol. The average Bonchev–Trinajstić information content (AvgIpc) is 3.03. The fraction of sp³-hybridized carbons (Fsp3) is 0.222. The molecule has 3 heterocycles. The van der Waals surface area contributed by atoms with Gasteiger partial charge in [0.15, 0.2) is 5.65 Å². The van der Waals surface area contributed by atoms with Gasteiger partial charge in [-0.05, 0) is 31.2 Å². The largest absolute Gasteiger partial charge is 0.328 e. The molecule has 2 amide bonds. The van der Waals surface area contributed by atoms with E-state index in [1.807, 2.05) is 20.0 Å². The van der Waals surface area contributed by atoms with Gasteiger partial charge in [-0.25, -0.2) is 14.6 Å². The van der Waals surface area contributed by atoms with Crippen LogP contribution in [0.1, 0.15) is 5.69 Å². The molecule has 9 nitrogen and oxygen atoms in total. The number of hydrogen-bond acceptors (Lipinski definition) is 4. The number of fused-ring (bicyclic) bond motifs is 2. The van der Waals surface area contributed by atoms with Gasteiger partial charge in [0.2, 0.25) is 0 Å². The molecule has 0 aliphatic carbocycles. The first kappa shape index (κ1) is 16.8. The smallest absolute Gasteiger partial charge is 0.308 e. The Morgan fingerprint density at radius 2 is 1.70 bits per heavy atom. The summed E-state index contributed by atoms with van der Waals surface area (Å²) in [7, 11) is 5.24. The standard InChI is InChI=1S/C18H19N7O2/c1-10-13-7-12(9-19-16(13)25(4)22-10)21-17(26)20-11-5-6-14-15(8-11)24(3)18(27)23(14)2/h5-9H,1-4H3,(H2,20,21,26). The molecule has 0 aliphatic heterocycles. The summed E-state index contributed by atoms with van der Waals surface area (Å²) < 4.78 is 4.81. The number of nitrogens with one attached hydrogen (secondary N) is 2.